The first-order chi connectivity index (χ1) is 7.59. The van der Waals surface area contributed by atoms with Crippen LogP contribution in [-0.4, -0.2) is 10.9 Å². The minimum absolute atomic E-state index is 0.151. The number of allylic oxidation sites excluding steroid dienone is 1. The van der Waals surface area contributed by atoms with Crippen molar-refractivity contribution < 1.29 is 9.50 Å². The van der Waals surface area contributed by atoms with Crippen LogP contribution in [0.4, 0.5) is 4.39 Å². The molecule has 1 aliphatic rings. The second-order valence-electron chi connectivity index (χ2n) is 3.89. The summed E-state index contributed by atoms with van der Waals surface area (Å²) < 4.78 is 13.1. The number of rotatable bonds is 2. The summed E-state index contributed by atoms with van der Waals surface area (Å²) in [5, 5.41) is 9.89. The summed E-state index contributed by atoms with van der Waals surface area (Å²) in [7, 11) is 0. The first-order valence-corrected chi connectivity index (χ1v) is 6.09. The van der Waals surface area contributed by atoms with Gasteiger partial charge in [-0.1, -0.05) is 24.3 Å². The van der Waals surface area contributed by atoms with Crippen LogP contribution >= 0.6 is 11.8 Å². The SMILES string of the molecule is C=C(C)C1=C(O)C(c2cccc(F)c2)SC1. The molecule has 1 nitrogen and oxygen atoms in total. The Morgan fingerprint density at radius 3 is 2.88 bits per heavy atom. The van der Waals surface area contributed by atoms with Crippen LogP contribution in [0.25, 0.3) is 0 Å². The zero-order chi connectivity index (χ0) is 11.7. The molecule has 2 rings (SSSR count). The zero-order valence-corrected chi connectivity index (χ0v) is 9.85. The first-order valence-electron chi connectivity index (χ1n) is 5.04. The molecule has 16 heavy (non-hydrogen) atoms. The fourth-order valence-corrected chi connectivity index (χ4v) is 3.11. The van der Waals surface area contributed by atoms with Crippen LogP contribution in [-0.2, 0) is 0 Å². The maximum absolute atomic E-state index is 13.1. The number of hydrogen-bond acceptors (Lipinski definition) is 2. The third-order valence-corrected chi connectivity index (χ3v) is 3.90. The molecule has 3 heteroatoms. The maximum atomic E-state index is 13.1. The number of aliphatic hydroxyl groups is 1. The van der Waals surface area contributed by atoms with Gasteiger partial charge in [0.25, 0.3) is 0 Å². The molecule has 0 aliphatic carbocycles. The Balaban J connectivity index is 2.35. The molecule has 0 saturated carbocycles. The molecule has 1 heterocycles. The van der Waals surface area contributed by atoms with E-state index in [0.29, 0.717) is 5.76 Å². The van der Waals surface area contributed by atoms with Crippen molar-refractivity contribution in [2.45, 2.75) is 12.2 Å². The fourth-order valence-electron chi connectivity index (χ4n) is 1.74. The van der Waals surface area contributed by atoms with E-state index >= 15 is 0 Å². The van der Waals surface area contributed by atoms with E-state index in [9.17, 15) is 9.50 Å². The van der Waals surface area contributed by atoms with E-state index in [-0.39, 0.29) is 11.1 Å². The van der Waals surface area contributed by atoms with Crippen molar-refractivity contribution in [1.82, 2.24) is 0 Å². The zero-order valence-electron chi connectivity index (χ0n) is 9.03. The number of aliphatic hydroxyl groups excluding tert-OH is 1. The van der Waals surface area contributed by atoms with Crippen molar-refractivity contribution >= 4 is 11.8 Å². The Kier molecular flexibility index (Phi) is 3.06. The van der Waals surface area contributed by atoms with Crippen LogP contribution in [0.3, 0.4) is 0 Å². The van der Waals surface area contributed by atoms with Crippen molar-refractivity contribution in [3.8, 4) is 0 Å². The molecule has 0 bridgehead atoms. The third kappa shape index (κ3) is 2.00. The summed E-state index contributed by atoms with van der Waals surface area (Å²) in [5.41, 5.74) is 2.57. The third-order valence-electron chi connectivity index (χ3n) is 2.62. The lowest BCUT2D eigenvalue weighted by Gasteiger charge is -2.10. The molecule has 84 valence electrons. The molecule has 1 unspecified atom stereocenters. The van der Waals surface area contributed by atoms with Crippen LogP contribution in [0.1, 0.15) is 17.7 Å². The predicted octanol–water partition coefficient (Wildman–Crippen LogP) is 4.00. The molecule has 1 atom stereocenters. The van der Waals surface area contributed by atoms with E-state index < -0.39 is 0 Å². The minimum atomic E-state index is -0.269. The van der Waals surface area contributed by atoms with Crippen molar-refractivity contribution in [1.29, 1.82) is 0 Å². The van der Waals surface area contributed by atoms with E-state index in [1.54, 1.807) is 17.8 Å². The van der Waals surface area contributed by atoms with E-state index in [2.05, 4.69) is 6.58 Å². The molecule has 0 aromatic heterocycles. The topological polar surface area (TPSA) is 20.2 Å². The summed E-state index contributed by atoms with van der Waals surface area (Å²) in [4.78, 5) is 0. The van der Waals surface area contributed by atoms with Gasteiger partial charge < -0.3 is 5.11 Å². The Hall–Kier alpha value is -1.22. The molecule has 1 aliphatic heterocycles. The molecule has 0 saturated heterocycles. The van der Waals surface area contributed by atoms with Gasteiger partial charge >= 0.3 is 0 Å². The maximum Gasteiger partial charge on any atom is 0.123 e. The lowest BCUT2D eigenvalue weighted by atomic mass is 10.0. The average molecular weight is 236 g/mol. The Morgan fingerprint density at radius 1 is 1.56 bits per heavy atom. The largest absolute Gasteiger partial charge is 0.510 e. The van der Waals surface area contributed by atoms with Gasteiger partial charge in [-0.25, -0.2) is 4.39 Å². The van der Waals surface area contributed by atoms with Gasteiger partial charge in [0.1, 0.15) is 11.6 Å². The van der Waals surface area contributed by atoms with Crippen molar-refractivity contribution in [3.63, 3.8) is 0 Å². The van der Waals surface area contributed by atoms with E-state index in [4.69, 9.17) is 0 Å². The van der Waals surface area contributed by atoms with E-state index in [1.807, 2.05) is 13.0 Å². The molecule has 1 aromatic rings. The van der Waals surface area contributed by atoms with Gasteiger partial charge in [0, 0.05) is 11.3 Å². The lowest BCUT2D eigenvalue weighted by Crippen LogP contribution is -1.96. The Bertz CT molecular complexity index is 465. The molecule has 1 N–H and O–H groups in total. The summed E-state index contributed by atoms with van der Waals surface area (Å²) in [6.07, 6.45) is 0. The number of halogens is 1. The highest BCUT2D eigenvalue weighted by molar-refractivity contribution is 8.00. The van der Waals surface area contributed by atoms with E-state index in [1.165, 1.54) is 12.1 Å². The predicted molar refractivity (Wildman–Crippen MR) is 66.1 cm³/mol. The molecule has 0 radical (unpaired) electrons. The van der Waals surface area contributed by atoms with Crippen LogP contribution in [0.15, 0.2) is 47.7 Å². The van der Waals surface area contributed by atoms with Crippen LogP contribution in [0.5, 0.6) is 0 Å². The molecule has 0 fully saturated rings. The van der Waals surface area contributed by atoms with Gasteiger partial charge in [-0.3, -0.25) is 0 Å². The van der Waals surface area contributed by atoms with Gasteiger partial charge in [0.2, 0.25) is 0 Å². The summed E-state index contributed by atoms with van der Waals surface area (Å²) >= 11 is 1.60. The van der Waals surface area contributed by atoms with Crippen molar-refractivity contribution in [3.05, 3.63) is 59.1 Å². The monoisotopic (exact) mass is 236 g/mol. The number of hydrogen-bond donors (Lipinski definition) is 1. The van der Waals surface area contributed by atoms with Gasteiger partial charge in [0.05, 0.1) is 5.25 Å². The van der Waals surface area contributed by atoms with Crippen molar-refractivity contribution in [2.24, 2.45) is 0 Å². The van der Waals surface area contributed by atoms with Gasteiger partial charge in [0.15, 0.2) is 0 Å². The normalized spacial score (nSPS) is 20.2. The number of thioether (sulfide) groups is 1. The molecule has 1 aromatic carbocycles. The Morgan fingerprint density at radius 2 is 2.31 bits per heavy atom. The van der Waals surface area contributed by atoms with Crippen molar-refractivity contribution in [2.75, 3.05) is 5.75 Å². The van der Waals surface area contributed by atoms with Crippen LogP contribution in [0, 0.1) is 5.82 Å². The van der Waals surface area contributed by atoms with Gasteiger partial charge in [-0.15, -0.1) is 11.8 Å². The van der Waals surface area contributed by atoms with Gasteiger partial charge in [-0.05, 0) is 24.6 Å². The smallest absolute Gasteiger partial charge is 0.123 e. The molecule has 0 amide bonds. The standard InChI is InChI=1S/C13H13FOS/c1-8(2)11-7-16-13(12(11)15)9-4-3-5-10(14)6-9/h3-6,13,15H,1,7H2,2H3. The van der Waals surface area contributed by atoms with Crippen LogP contribution in [0.2, 0.25) is 0 Å². The van der Waals surface area contributed by atoms with Crippen LogP contribution < -0.4 is 0 Å². The Labute approximate surface area is 98.7 Å². The summed E-state index contributed by atoms with van der Waals surface area (Å²) in [5.74, 6) is 0.792. The molecular formula is C13H13FOS. The second-order valence-corrected chi connectivity index (χ2v) is 4.98. The fraction of sp³-hybridized carbons (Fsp3) is 0.231. The molecule has 0 spiro atoms. The highest BCUT2D eigenvalue weighted by atomic mass is 32.2. The quantitative estimate of drug-likeness (QED) is 0.837. The van der Waals surface area contributed by atoms with Gasteiger partial charge in [-0.2, -0.15) is 0 Å². The average Bonchev–Trinajstić information content (AvgIpc) is 2.60. The first kappa shape index (κ1) is 11.3. The summed E-state index contributed by atoms with van der Waals surface area (Å²) in [6.45, 7) is 5.70. The highest BCUT2D eigenvalue weighted by Crippen LogP contribution is 2.44. The number of benzene rings is 1. The summed E-state index contributed by atoms with van der Waals surface area (Å²) in [6, 6.07) is 6.37. The molecular weight excluding hydrogens is 223 g/mol. The highest BCUT2D eigenvalue weighted by Gasteiger charge is 2.27. The second kappa shape index (κ2) is 4.34. The lowest BCUT2D eigenvalue weighted by molar-refractivity contribution is 0.393. The van der Waals surface area contributed by atoms with E-state index in [0.717, 1.165) is 22.5 Å². The minimum Gasteiger partial charge on any atom is -0.510 e.